The van der Waals surface area contributed by atoms with Gasteiger partial charge in [0, 0.05) is 17.6 Å². The molecule has 0 aromatic heterocycles. The van der Waals surface area contributed by atoms with E-state index in [4.69, 9.17) is 0 Å². The molecule has 0 spiro atoms. The predicted molar refractivity (Wildman–Crippen MR) is 71.5 cm³/mol. The first-order valence-electron chi connectivity index (χ1n) is 6.79. The first-order valence-corrected chi connectivity index (χ1v) is 6.79. The lowest BCUT2D eigenvalue weighted by Crippen LogP contribution is -2.31. The lowest BCUT2D eigenvalue weighted by molar-refractivity contribution is 0.401. The van der Waals surface area contributed by atoms with Gasteiger partial charge in [-0.1, -0.05) is 26.7 Å². The van der Waals surface area contributed by atoms with E-state index in [1.807, 2.05) is 6.92 Å². The summed E-state index contributed by atoms with van der Waals surface area (Å²) in [5.74, 6) is -0.733. The number of halogens is 2. The fraction of sp³-hybridized carbons (Fsp3) is 0.600. The van der Waals surface area contributed by atoms with Gasteiger partial charge in [0.2, 0.25) is 0 Å². The van der Waals surface area contributed by atoms with Crippen LogP contribution in [-0.2, 0) is 0 Å². The first-order chi connectivity index (χ1) is 8.58. The zero-order valence-corrected chi connectivity index (χ0v) is 11.5. The lowest BCUT2D eigenvalue weighted by Gasteiger charge is -2.23. The Balaban J connectivity index is 2.67. The van der Waals surface area contributed by atoms with Gasteiger partial charge in [-0.3, -0.25) is 0 Å². The molecule has 3 heteroatoms. The second-order valence-corrected chi connectivity index (χ2v) is 4.80. The molecule has 0 aliphatic heterocycles. The van der Waals surface area contributed by atoms with Gasteiger partial charge in [-0.25, -0.2) is 8.78 Å². The van der Waals surface area contributed by atoms with E-state index in [1.54, 1.807) is 0 Å². The quantitative estimate of drug-likeness (QED) is 0.751. The van der Waals surface area contributed by atoms with Crippen LogP contribution in [0, 0.1) is 11.6 Å². The average molecular weight is 255 g/mol. The van der Waals surface area contributed by atoms with E-state index in [1.165, 1.54) is 12.1 Å². The molecular weight excluding hydrogens is 232 g/mol. The summed E-state index contributed by atoms with van der Waals surface area (Å²) in [7, 11) is 0. The minimum Gasteiger partial charge on any atom is -0.307 e. The van der Waals surface area contributed by atoms with Crippen LogP contribution in [0.5, 0.6) is 0 Å². The van der Waals surface area contributed by atoms with Crippen LogP contribution in [0.4, 0.5) is 8.78 Å². The molecule has 1 aromatic rings. The fourth-order valence-electron chi connectivity index (χ4n) is 2.15. The Labute approximate surface area is 109 Å². The van der Waals surface area contributed by atoms with Crippen molar-refractivity contribution in [3.8, 4) is 0 Å². The highest BCUT2D eigenvalue weighted by Gasteiger charge is 2.15. The second kappa shape index (κ2) is 7.47. The number of hydrogen-bond acceptors (Lipinski definition) is 1. The largest absolute Gasteiger partial charge is 0.307 e. The standard InChI is InChI=1S/C15H23F2N/c1-4-6-7-13(5-2)18-11(3)14-10-12(16)8-9-15(14)17/h8-11,13,18H,4-7H2,1-3H3. The van der Waals surface area contributed by atoms with Gasteiger partial charge in [-0.15, -0.1) is 0 Å². The highest BCUT2D eigenvalue weighted by molar-refractivity contribution is 5.21. The van der Waals surface area contributed by atoms with Crippen molar-refractivity contribution in [2.24, 2.45) is 0 Å². The molecule has 1 N–H and O–H groups in total. The minimum atomic E-state index is -0.387. The van der Waals surface area contributed by atoms with E-state index in [0.29, 0.717) is 11.6 Å². The van der Waals surface area contributed by atoms with Crippen molar-refractivity contribution in [1.82, 2.24) is 5.32 Å². The fourth-order valence-corrected chi connectivity index (χ4v) is 2.15. The molecular formula is C15H23F2N. The minimum absolute atomic E-state index is 0.164. The summed E-state index contributed by atoms with van der Waals surface area (Å²) in [6.07, 6.45) is 4.39. The number of benzene rings is 1. The zero-order valence-electron chi connectivity index (χ0n) is 11.5. The van der Waals surface area contributed by atoms with Crippen LogP contribution in [0.2, 0.25) is 0 Å². The molecule has 0 fully saturated rings. The SMILES string of the molecule is CCCCC(CC)NC(C)c1cc(F)ccc1F. The van der Waals surface area contributed by atoms with Gasteiger partial charge >= 0.3 is 0 Å². The predicted octanol–water partition coefficient (Wildman–Crippen LogP) is 4.58. The molecule has 1 nitrogen and oxygen atoms in total. The third-order valence-corrected chi connectivity index (χ3v) is 3.31. The first kappa shape index (κ1) is 15.1. The van der Waals surface area contributed by atoms with E-state index < -0.39 is 0 Å². The van der Waals surface area contributed by atoms with E-state index in [0.717, 1.165) is 31.7 Å². The number of nitrogens with one attached hydrogen (secondary N) is 1. The van der Waals surface area contributed by atoms with E-state index >= 15 is 0 Å². The summed E-state index contributed by atoms with van der Waals surface area (Å²) in [6, 6.07) is 3.82. The van der Waals surface area contributed by atoms with Crippen molar-refractivity contribution in [3.05, 3.63) is 35.4 Å². The maximum atomic E-state index is 13.6. The van der Waals surface area contributed by atoms with Crippen molar-refractivity contribution in [2.75, 3.05) is 0 Å². The van der Waals surface area contributed by atoms with Crippen molar-refractivity contribution in [2.45, 2.75) is 58.5 Å². The van der Waals surface area contributed by atoms with Gasteiger partial charge in [0.25, 0.3) is 0 Å². The van der Waals surface area contributed by atoms with Crippen LogP contribution in [0.25, 0.3) is 0 Å². The molecule has 0 aliphatic rings. The molecule has 0 saturated carbocycles. The zero-order chi connectivity index (χ0) is 13.5. The molecule has 0 amide bonds. The molecule has 18 heavy (non-hydrogen) atoms. The van der Waals surface area contributed by atoms with Crippen molar-refractivity contribution in [3.63, 3.8) is 0 Å². The highest BCUT2D eigenvalue weighted by Crippen LogP contribution is 2.20. The topological polar surface area (TPSA) is 12.0 Å². The van der Waals surface area contributed by atoms with Crippen LogP contribution in [0.15, 0.2) is 18.2 Å². The summed E-state index contributed by atoms with van der Waals surface area (Å²) < 4.78 is 26.8. The van der Waals surface area contributed by atoms with Crippen LogP contribution >= 0.6 is 0 Å². The normalized spacial score (nSPS) is 14.5. The average Bonchev–Trinajstić information content (AvgIpc) is 2.37. The van der Waals surface area contributed by atoms with Gasteiger partial charge in [0.05, 0.1) is 0 Å². The highest BCUT2D eigenvalue weighted by atomic mass is 19.1. The smallest absolute Gasteiger partial charge is 0.128 e. The molecule has 102 valence electrons. The number of rotatable bonds is 7. The second-order valence-electron chi connectivity index (χ2n) is 4.80. The summed E-state index contributed by atoms with van der Waals surface area (Å²) in [5, 5.41) is 3.38. The van der Waals surface area contributed by atoms with Crippen molar-refractivity contribution in [1.29, 1.82) is 0 Å². The third-order valence-electron chi connectivity index (χ3n) is 3.31. The monoisotopic (exact) mass is 255 g/mol. The summed E-state index contributed by atoms with van der Waals surface area (Å²) >= 11 is 0. The summed E-state index contributed by atoms with van der Waals surface area (Å²) in [6.45, 7) is 6.15. The van der Waals surface area contributed by atoms with E-state index in [-0.39, 0.29) is 17.7 Å². The Morgan fingerprint density at radius 3 is 2.56 bits per heavy atom. The number of unbranched alkanes of at least 4 members (excludes halogenated alkanes) is 1. The van der Waals surface area contributed by atoms with Gasteiger partial charge in [0.15, 0.2) is 0 Å². The van der Waals surface area contributed by atoms with E-state index in [2.05, 4.69) is 19.2 Å². The van der Waals surface area contributed by atoms with Gasteiger partial charge in [0.1, 0.15) is 11.6 Å². The molecule has 0 saturated heterocycles. The van der Waals surface area contributed by atoms with Crippen molar-refractivity contribution < 1.29 is 8.78 Å². The van der Waals surface area contributed by atoms with Crippen LogP contribution in [0.3, 0.4) is 0 Å². The number of hydrogen-bond donors (Lipinski definition) is 1. The summed E-state index contributed by atoms with van der Waals surface area (Å²) in [4.78, 5) is 0. The van der Waals surface area contributed by atoms with Crippen molar-refractivity contribution >= 4 is 0 Å². The van der Waals surface area contributed by atoms with Gasteiger partial charge < -0.3 is 5.32 Å². The Kier molecular flexibility index (Phi) is 6.27. The van der Waals surface area contributed by atoms with Gasteiger partial charge in [-0.2, -0.15) is 0 Å². The molecule has 0 aliphatic carbocycles. The molecule has 2 unspecified atom stereocenters. The van der Waals surface area contributed by atoms with Crippen LogP contribution in [-0.4, -0.2) is 6.04 Å². The maximum Gasteiger partial charge on any atom is 0.128 e. The molecule has 0 bridgehead atoms. The Hall–Kier alpha value is -0.960. The summed E-state index contributed by atoms with van der Waals surface area (Å²) in [5.41, 5.74) is 0.407. The lowest BCUT2D eigenvalue weighted by atomic mass is 10.0. The Bertz CT molecular complexity index is 366. The molecule has 2 atom stereocenters. The molecule has 0 radical (unpaired) electrons. The third kappa shape index (κ3) is 4.37. The molecule has 0 heterocycles. The van der Waals surface area contributed by atoms with Crippen LogP contribution in [0.1, 0.15) is 58.1 Å². The maximum absolute atomic E-state index is 13.6. The Morgan fingerprint density at radius 1 is 1.22 bits per heavy atom. The Morgan fingerprint density at radius 2 is 1.94 bits per heavy atom. The van der Waals surface area contributed by atoms with Gasteiger partial charge in [-0.05, 0) is 38.0 Å². The van der Waals surface area contributed by atoms with Crippen LogP contribution < -0.4 is 5.32 Å². The molecule has 1 aromatic carbocycles. The van der Waals surface area contributed by atoms with E-state index in [9.17, 15) is 8.78 Å². The molecule has 1 rings (SSSR count).